The number of amides is 1. The Bertz CT molecular complexity index is 626. The van der Waals surface area contributed by atoms with E-state index >= 15 is 0 Å². The molecule has 0 radical (unpaired) electrons. The highest BCUT2D eigenvalue weighted by Gasteiger charge is 2.11. The maximum Gasteiger partial charge on any atom is 0.256 e. The number of hydrogen-bond donors (Lipinski definition) is 3. The maximum atomic E-state index is 13.5. The first-order valence-electron chi connectivity index (χ1n) is 5.25. The van der Waals surface area contributed by atoms with Crippen LogP contribution in [0.3, 0.4) is 0 Å². The van der Waals surface area contributed by atoms with Gasteiger partial charge < -0.3 is 15.5 Å². The Morgan fingerprint density at radius 2 is 1.74 bits per heavy atom. The molecule has 0 saturated carbocycles. The van der Waals surface area contributed by atoms with Gasteiger partial charge in [0.2, 0.25) is 0 Å². The fraction of sp³-hybridized carbons (Fsp3) is 0. The van der Waals surface area contributed by atoms with Crippen molar-refractivity contribution in [3.05, 3.63) is 52.3 Å². The predicted octanol–water partition coefficient (Wildman–Crippen LogP) is 3.25. The second-order valence-electron chi connectivity index (χ2n) is 3.82. The zero-order chi connectivity index (χ0) is 14.0. The van der Waals surface area contributed by atoms with Crippen LogP contribution in [0.2, 0.25) is 0 Å². The van der Waals surface area contributed by atoms with Crippen LogP contribution in [0.25, 0.3) is 0 Å². The van der Waals surface area contributed by atoms with Crippen molar-refractivity contribution in [1.29, 1.82) is 0 Å². The molecule has 2 aromatic carbocycles. The Morgan fingerprint density at radius 1 is 1.11 bits per heavy atom. The van der Waals surface area contributed by atoms with Crippen LogP contribution in [-0.2, 0) is 0 Å². The average Bonchev–Trinajstić information content (AvgIpc) is 2.32. The van der Waals surface area contributed by atoms with Gasteiger partial charge in [0.15, 0.2) is 0 Å². The van der Waals surface area contributed by atoms with Crippen LogP contribution >= 0.6 is 15.9 Å². The van der Waals surface area contributed by atoms with Gasteiger partial charge in [0.1, 0.15) is 17.3 Å². The van der Waals surface area contributed by atoms with E-state index in [0.717, 1.165) is 6.07 Å². The number of anilines is 1. The molecular weight excluding hydrogens is 317 g/mol. The molecule has 0 aliphatic carbocycles. The lowest BCUT2D eigenvalue weighted by Gasteiger charge is -2.07. The first-order valence-corrected chi connectivity index (χ1v) is 6.04. The van der Waals surface area contributed by atoms with Crippen LogP contribution < -0.4 is 5.32 Å². The van der Waals surface area contributed by atoms with Crippen molar-refractivity contribution < 1.29 is 19.4 Å². The van der Waals surface area contributed by atoms with E-state index in [4.69, 9.17) is 0 Å². The molecule has 0 aliphatic rings. The Hall–Kier alpha value is -2.08. The van der Waals surface area contributed by atoms with Gasteiger partial charge in [-0.15, -0.1) is 0 Å². The smallest absolute Gasteiger partial charge is 0.256 e. The molecule has 1 amide bonds. The standard InChI is InChI=1S/C13H9BrFNO3/c14-8-1-2-11(15)12(5-8)16-13(19)7-3-9(17)6-10(18)4-7/h1-6,17-18H,(H,16,19). The van der Waals surface area contributed by atoms with Gasteiger partial charge >= 0.3 is 0 Å². The number of carbonyl (C=O) groups excluding carboxylic acids is 1. The van der Waals surface area contributed by atoms with Crippen LogP contribution in [0.15, 0.2) is 40.9 Å². The molecule has 0 aliphatic heterocycles. The summed E-state index contributed by atoms with van der Waals surface area (Å²) in [5.41, 5.74) is 0.0269. The number of rotatable bonds is 2. The topological polar surface area (TPSA) is 69.6 Å². The summed E-state index contributed by atoms with van der Waals surface area (Å²) in [4.78, 5) is 11.9. The Kier molecular flexibility index (Phi) is 3.71. The van der Waals surface area contributed by atoms with Crippen molar-refractivity contribution in [2.75, 3.05) is 5.32 Å². The summed E-state index contributed by atoms with van der Waals surface area (Å²) in [6.45, 7) is 0. The monoisotopic (exact) mass is 325 g/mol. The first kappa shape index (κ1) is 13.4. The lowest BCUT2D eigenvalue weighted by molar-refractivity contribution is 0.102. The van der Waals surface area contributed by atoms with Gasteiger partial charge in [-0.1, -0.05) is 15.9 Å². The van der Waals surface area contributed by atoms with E-state index < -0.39 is 11.7 Å². The highest BCUT2D eigenvalue weighted by Crippen LogP contribution is 2.23. The molecule has 0 heterocycles. The predicted molar refractivity (Wildman–Crippen MR) is 71.8 cm³/mol. The molecule has 2 aromatic rings. The molecule has 6 heteroatoms. The Balaban J connectivity index is 2.28. The van der Waals surface area contributed by atoms with E-state index in [1.807, 2.05) is 0 Å². The fourth-order valence-electron chi connectivity index (χ4n) is 1.51. The van der Waals surface area contributed by atoms with Crippen LogP contribution in [0.1, 0.15) is 10.4 Å². The van der Waals surface area contributed by atoms with E-state index in [1.54, 1.807) is 0 Å². The van der Waals surface area contributed by atoms with Crippen LogP contribution in [-0.4, -0.2) is 16.1 Å². The zero-order valence-electron chi connectivity index (χ0n) is 9.52. The molecule has 19 heavy (non-hydrogen) atoms. The molecule has 0 bridgehead atoms. The third-order valence-electron chi connectivity index (χ3n) is 2.34. The lowest BCUT2D eigenvalue weighted by Crippen LogP contribution is -2.12. The summed E-state index contributed by atoms with van der Waals surface area (Å²) in [5.74, 6) is -1.72. The zero-order valence-corrected chi connectivity index (χ0v) is 11.1. The van der Waals surface area contributed by atoms with Crippen molar-refractivity contribution >= 4 is 27.5 Å². The molecule has 0 saturated heterocycles. The van der Waals surface area contributed by atoms with Gasteiger partial charge in [-0.25, -0.2) is 4.39 Å². The van der Waals surface area contributed by atoms with E-state index in [-0.39, 0.29) is 22.7 Å². The largest absolute Gasteiger partial charge is 0.508 e. The summed E-state index contributed by atoms with van der Waals surface area (Å²) in [6, 6.07) is 7.56. The lowest BCUT2D eigenvalue weighted by atomic mass is 10.2. The van der Waals surface area contributed by atoms with Crippen molar-refractivity contribution in [3.8, 4) is 11.5 Å². The summed E-state index contributed by atoms with van der Waals surface area (Å²) in [5, 5.41) is 20.9. The molecule has 0 spiro atoms. The Labute approximate surface area is 116 Å². The molecule has 0 atom stereocenters. The molecule has 3 N–H and O–H groups in total. The fourth-order valence-corrected chi connectivity index (χ4v) is 1.88. The summed E-state index contributed by atoms with van der Waals surface area (Å²) < 4.78 is 14.1. The number of phenolic OH excluding ortho intramolecular Hbond substituents is 2. The number of hydrogen-bond acceptors (Lipinski definition) is 3. The van der Waals surface area contributed by atoms with Crippen LogP contribution in [0.5, 0.6) is 11.5 Å². The van der Waals surface area contributed by atoms with Crippen molar-refractivity contribution in [3.63, 3.8) is 0 Å². The minimum atomic E-state index is -0.636. The van der Waals surface area contributed by atoms with Gasteiger partial charge in [-0.3, -0.25) is 4.79 Å². The Morgan fingerprint density at radius 3 is 2.37 bits per heavy atom. The molecule has 0 aromatic heterocycles. The molecular formula is C13H9BrFNO3. The quantitative estimate of drug-likeness (QED) is 0.793. The molecule has 2 rings (SSSR count). The number of aromatic hydroxyl groups is 2. The second-order valence-corrected chi connectivity index (χ2v) is 4.73. The molecule has 0 fully saturated rings. The van der Waals surface area contributed by atoms with E-state index in [0.29, 0.717) is 4.47 Å². The van der Waals surface area contributed by atoms with Gasteiger partial charge in [0, 0.05) is 16.1 Å². The van der Waals surface area contributed by atoms with Gasteiger partial charge in [0.25, 0.3) is 5.91 Å². The minimum Gasteiger partial charge on any atom is -0.508 e. The van der Waals surface area contributed by atoms with Crippen LogP contribution in [0.4, 0.5) is 10.1 Å². The second kappa shape index (κ2) is 5.27. The number of phenols is 2. The summed E-state index contributed by atoms with van der Waals surface area (Å²) in [7, 11) is 0. The van der Waals surface area contributed by atoms with Gasteiger partial charge in [-0.2, -0.15) is 0 Å². The van der Waals surface area contributed by atoms with Gasteiger partial charge in [-0.05, 0) is 30.3 Å². The van der Waals surface area contributed by atoms with Crippen molar-refractivity contribution in [2.45, 2.75) is 0 Å². The van der Waals surface area contributed by atoms with E-state index in [1.165, 1.54) is 30.3 Å². The summed E-state index contributed by atoms with van der Waals surface area (Å²) >= 11 is 3.17. The molecule has 4 nitrogen and oxygen atoms in total. The van der Waals surface area contributed by atoms with E-state index in [9.17, 15) is 19.4 Å². The highest BCUT2D eigenvalue weighted by molar-refractivity contribution is 9.10. The molecule has 98 valence electrons. The summed E-state index contributed by atoms with van der Waals surface area (Å²) in [6.07, 6.45) is 0. The third kappa shape index (κ3) is 3.23. The first-order chi connectivity index (χ1) is 8.95. The van der Waals surface area contributed by atoms with Gasteiger partial charge in [0.05, 0.1) is 5.69 Å². The maximum absolute atomic E-state index is 13.5. The number of benzene rings is 2. The highest BCUT2D eigenvalue weighted by atomic mass is 79.9. The van der Waals surface area contributed by atoms with E-state index in [2.05, 4.69) is 21.2 Å². The van der Waals surface area contributed by atoms with Crippen molar-refractivity contribution in [1.82, 2.24) is 0 Å². The minimum absolute atomic E-state index is 0.00204. The van der Waals surface area contributed by atoms with Crippen molar-refractivity contribution in [2.24, 2.45) is 0 Å². The SMILES string of the molecule is O=C(Nc1cc(Br)ccc1F)c1cc(O)cc(O)c1. The number of nitrogens with one attached hydrogen (secondary N) is 1. The normalized spacial score (nSPS) is 10.2. The molecule has 0 unspecified atom stereocenters. The number of halogens is 2. The number of carbonyl (C=O) groups is 1. The van der Waals surface area contributed by atoms with Crippen LogP contribution in [0, 0.1) is 5.82 Å². The average molecular weight is 326 g/mol. The third-order valence-corrected chi connectivity index (χ3v) is 2.83.